The van der Waals surface area contributed by atoms with Crippen molar-refractivity contribution < 1.29 is 13.2 Å². The molecule has 0 radical (unpaired) electrons. The highest BCUT2D eigenvalue weighted by atomic mass is 32.2. The molecular formula is C17H28N2O3S2. The van der Waals surface area contributed by atoms with E-state index in [2.05, 4.69) is 26.1 Å². The number of carbonyl (C=O) groups excluding carboxylic acids is 1. The van der Waals surface area contributed by atoms with Gasteiger partial charge in [-0.25, -0.2) is 12.7 Å². The normalized spacial score (nSPS) is 12.4. The van der Waals surface area contributed by atoms with Crippen molar-refractivity contribution in [1.82, 2.24) is 9.62 Å². The highest BCUT2D eigenvalue weighted by Crippen LogP contribution is 2.22. The molecule has 5 nitrogen and oxygen atoms in total. The van der Waals surface area contributed by atoms with Gasteiger partial charge in [0.1, 0.15) is 0 Å². The molecule has 0 aliphatic heterocycles. The summed E-state index contributed by atoms with van der Waals surface area (Å²) in [6.45, 7) is 7.38. The Morgan fingerprint density at radius 1 is 1.21 bits per heavy atom. The molecular weight excluding hydrogens is 344 g/mol. The number of benzene rings is 1. The fourth-order valence-electron chi connectivity index (χ4n) is 1.99. The Kier molecular flexibility index (Phi) is 8.26. The van der Waals surface area contributed by atoms with Crippen LogP contribution < -0.4 is 5.32 Å². The minimum absolute atomic E-state index is 0.0324. The molecule has 0 unspecified atom stereocenters. The first-order chi connectivity index (χ1) is 11.1. The Hall–Kier alpha value is -1.05. The smallest absolute Gasteiger partial charge is 0.242 e. The first kappa shape index (κ1) is 21.0. The van der Waals surface area contributed by atoms with Crippen LogP contribution in [-0.4, -0.2) is 49.3 Å². The van der Waals surface area contributed by atoms with Gasteiger partial charge in [-0.2, -0.15) is 11.8 Å². The van der Waals surface area contributed by atoms with Crippen LogP contribution in [-0.2, 0) is 14.8 Å². The summed E-state index contributed by atoms with van der Waals surface area (Å²) in [5.74, 6) is 0.840. The molecule has 0 aromatic heterocycles. The second-order valence-corrected chi connectivity index (χ2v) is 10.5. The average Bonchev–Trinajstić information content (AvgIpc) is 2.51. The Labute approximate surface area is 150 Å². The van der Waals surface area contributed by atoms with Crippen molar-refractivity contribution in [1.29, 1.82) is 0 Å². The summed E-state index contributed by atoms with van der Waals surface area (Å²) in [4.78, 5) is 12.1. The second-order valence-electron chi connectivity index (χ2n) is 6.55. The summed E-state index contributed by atoms with van der Waals surface area (Å²) in [7, 11) is -1.93. The topological polar surface area (TPSA) is 66.5 Å². The second kappa shape index (κ2) is 9.44. The Morgan fingerprint density at radius 2 is 1.83 bits per heavy atom. The number of carbonyl (C=O) groups is 1. The minimum atomic E-state index is -3.48. The summed E-state index contributed by atoms with van der Waals surface area (Å²) in [5.41, 5.74) is 0. The molecule has 0 saturated heterocycles. The molecule has 0 saturated carbocycles. The van der Waals surface area contributed by atoms with Crippen LogP contribution in [0.3, 0.4) is 0 Å². The molecule has 0 heterocycles. The highest BCUT2D eigenvalue weighted by molar-refractivity contribution is 8.00. The van der Waals surface area contributed by atoms with Crippen LogP contribution in [0.4, 0.5) is 0 Å². The third kappa shape index (κ3) is 7.68. The lowest BCUT2D eigenvalue weighted by Gasteiger charge is -2.18. The molecule has 1 aromatic rings. The van der Waals surface area contributed by atoms with Gasteiger partial charge in [0.2, 0.25) is 15.9 Å². The maximum Gasteiger partial charge on any atom is 0.242 e. The van der Waals surface area contributed by atoms with E-state index >= 15 is 0 Å². The van der Waals surface area contributed by atoms with E-state index in [1.54, 1.807) is 49.1 Å². The molecule has 0 atom stereocenters. The highest BCUT2D eigenvalue weighted by Gasteiger charge is 2.20. The number of thioether (sulfide) groups is 1. The van der Waals surface area contributed by atoms with Crippen molar-refractivity contribution in [2.75, 3.05) is 25.9 Å². The molecule has 24 heavy (non-hydrogen) atoms. The van der Waals surface area contributed by atoms with E-state index in [1.165, 1.54) is 4.31 Å². The predicted octanol–water partition coefficient (Wildman–Crippen LogP) is 2.74. The molecule has 1 N–H and O–H groups in total. The number of sulfonamides is 1. The first-order valence-corrected chi connectivity index (χ1v) is 10.5. The van der Waals surface area contributed by atoms with Gasteiger partial charge in [0.25, 0.3) is 0 Å². The molecule has 1 amide bonds. The van der Waals surface area contributed by atoms with Gasteiger partial charge in [0.05, 0.1) is 4.90 Å². The Morgan fingerprint density at radius 3 is 2.42 bits per heavy atom. The van der Waals surface area contributed by atoms with Crippen molar-refractivity contribution in [3.63, 3.8) is 0 Å². The monoisotopic (exact) mass is 372 g/mol. The van der Waals surface area contributed by atoms with Gasteiger partial charge in [-0.15, -0.1) is 0 Å². The van der Waals surface area contributed by atoms with E-state index in [4.69, 9.17) is 0 Å². The van der Waals surface area contributed by atoms with Crippen LogP contribution in [0.25, 0.3) is 0 Å². The molecule has 7 heteroatoms. The van der Waals surface area contributed by atoms with Crippen LogP contribution in [0.1, 0.15) is 33.6 Å². The quantitative estimate of drug-likeness (QED) is 0.677. The maximum absolute atomic E-state index is 12.3. The van der Waals surface area contributed by atoms with Crippen LogP contribution in [0.5, 0.6) is 0 Å². The minimum Gasteiger partial charge on any atom is -0.355 e. The average molecular weight is 373 g/mol. The zero-order chi connectivity index (χ0) is 18.2. The van der Waals surface area contributed by atoms with E-state index in [-0.39, 0.29) is 15.5 Å². The van der Waals surface area contributed by atoms with Gasteiger partial charge in [-0.3, -0.25) is 4.79 Å². The lowest BCUT2D eigenvalue weighted by Crippen LogP contribution is -2.30. The van der Waals surface area contributed by atoms with Crippen molar-refractivity contribution in [3.8, 4) is 0 Å². The first-order valence-electron chi connectivity index (χ1n) is 8.05. The molecule has 0 aliphatic carbocycles. The fourth-order valence-corrected chi connectivity index (χ4v) is 4.04. The van der Waals surface area contributed by atoms with Crippen molar-refractivity contribution in [2.45, 2.75) is 43.3 Å². The molecule has 1 rings (SSSR count). The summed E-state index contributed by atoms with van der Waals surface area (Å²) in [5, 5.41) is 2.87. The van der Waals surface area contributed by atoms with E-state index in [0.717, 1.165) is 5.75 Å². The third-order valence-corrected chi connectivity index (χ3v) is 6.43. The van der Waals surface area contributed by atoms with E-state index < -0.39 is 10.0 Å². The fraction of sp³-hybridized carbons (Fsp3) is 0.588. The van der Waals surface area contributed by atoms with Crippen LogP contribution in [0.15, 0.2) is 35.2 Å². The number of rotatable bonds is 9. The summed E-state index contributed by atoms with van der Waals surface area (Å²) < 4.78 is 26.2. The molecule has 0 spiro atoms. The van der Waals surface area contributed by atoms with Crippen LogP contribution in [0, 0.1) is 0 Å². The standard InChI is InChI=1S/C17H28N2O3S2/c1-17(2,3)23-14-12-18-16(20)11-8-13-19(4)24(21,22)15-9-6-5-7-10-15/h5-7,9-10H,8,11-14H2,1-4H3,(H,18,20). The lowest BCUT2D eigenvalue weighted by molar-refractivity contribution is -0.121. The Bertz CT molecular complexity index is 610. The van der Waals surface area contributed by atoms with Gasteiger partial charge in [0, 0.05) is 37.1 Å². The van der Waals surface area contributed by atoms with Gasteiger partial charge >= 0.3 is 0 Å². The van der Waals surface area contributed by atoms with Gasteiger partial charge in [-0.05, 0) is 18.6 Å². The zero-order valence-electron chi connectivity index (χ0n) is 14.9. The predicted molar refractivity (Wildman–Crippen MR) is 101 cm³/mol. The van der Waals surface area contributed by atoms with Crippen molar-refractivity contribution >= 4 is 27.7 Å². The van der Waals surface area contributed by atoms with Crippen LogP contribution >= 0.6 is 11.8 Å². The molecule has 0 bridgehead atoms. The molecule has 0 fully saturated rings. The van der Waals surface area contributed by atoms with Crippen LogP contribution in [0.2, 0.25) is 0 Å². The molecule has 1 aromatic carbocycles. The SMILES string of the molecule is CN(CCCC(=O)NCCSC(C)(C)C)S(=O)(=O)c1ccccc1. The van der Waals surface area contributed by atoms with Gasteiger partial charge in [-0.1, -0.05) is 39.0 Å². The maximum atomic E-state index is 12.3. The third-order valence-electron chi connectivity index (χ3n) is 3.29. The summed E-state index contributed by atoms with van der Waals surface area (Å²) in [6.07, 6.45) is 0.829. The largest absolute Gasteiger partial charge is 0.355 e. The molecule has 0 aliphatic rings. The summed E-state index contributed by atoms with van der Waals surface area (Å²) >= 11 is 1.80. The number of hydrogen-bond acceptors (Lipinski definition) is 4. The van der Waals surface area contributed by atoms with E-state index in [9.17, 15) is 13.2 Å². The number of nitrogens with zero attached hydrogens (tertiary/aromatic N) is 1. The van der Waals surface area contributed by atoms with E-state index in [1.807, 2.05) is 0 Å². The van der Waals surface area contributed by atoms with Gasteiger partial charge < -0.3 is 5.32 Å². The summed E-state index contributed by atoms with van der Waals surface area (Å²) in [6, 6.07) is 8.33. The molecule has 136 valence electrons. The number of hydrogen-bond donors (Lipinski definition) is 1. The zero-order valence-corrected chi connectivity index (χ0v) is 16.5. The number of amides is 1. The van der Waals surface area contributed by atoms with Crippen molar-refractivity contribution in [2.24, 2.45) is 0 Å². The van der Waals surface area contributed by atoms with Crippen molar-refractivity contribution in [3.05, 3.63) is 30.3 Å². The number of nitrogens with one attached hydrogen (secondary N) is 1. The lowest BCUT2D eigenvalue weighted by atomic mass is 10.3. The van der Waals surface area contributed by atoms with E-state index in [0.29, 0.717) is 25.9 Å². The Balaban J connectivity index is 2.30. The van der Waals surface area contributed by atoms with Gasteiger partial charge in [0.15, 0.2) is 0 Å².